The van der Waals surface area contributed by atoms with Gasteiger partial charge in [0.1, 0.15) is 0 Å². The number of hydrogen-bond acceptors (Lipinski definition) is 2. The largest absolute Gasteiger partial charge is 0.382 e. The Labute approximate surface area is 127 Å². The molecule has 1 N–H and O–H groups in total. The van der Waals surface area contributed by atoms with E-state index in [0.29, 0.717) is 5.92 Å². The summed E-state index contributed by atoms with van der Waals surface area (Å²) in [5, 5.41) is 4.22. The van der Waals surface area contributed by atoms with E-state index in [9.17, 15) is 0 Å². The number of hydrogen-bond donors (Lipinski definition) is 1. The Hall–Kier alpha value is -1.13. The normalized spacial score (nSPS) is 18.2. The molecule has 110 valence electrons. The zero-order valence-corrected chi connectivity index (χ0v) is 13.0. The van der Waals surface area contributed by atoms with Crippen molar-refractivity contribution in [3.8, 4) is 0 Å². The monoisotopic (exact) mass is 292 g/mol. The molecule has 0 spiro atoms. The molecule has 20 heavy (non-hydrogen) atoms. The van der Waals surface area contributed by atoms with E-state index in [0.717, 1.165) is 44.4 Å². The highest BCUT2D eigenvalue weighted by molar-refractivity contribution is 7.80. The van der Waals surface area contributed by atoms with Crippen molar-refractivity contribution < 1.29 is 4.74 Å². The lowest BCUT2D eigenvalue weighted by Gasteiger charge is -2.20. The lowest BCUT2D eigenvalue weighted by atomic mass is 9.99. The van der Waals surface area contributed by atoms with Crippen molar-refractivity contribution in [1.82, 2.24) is 10.2 Å². The second kappa shape index (κ2) is 8.22. The van der Waals surface area contributed by atoms with Crippen molar-refractivity contribution in [3.63, 3.8) is 0 Å². The van der Waals surface area contributed by atoms with Gasteiger partial charge in [0.25, 0.3) is 0 Å². The summed E-state index contributed by atoms with van der Waals surface area (Å²) in [5.41, 5.74) is 1.43. The lowest BCUT2D eigenvalue weighted by molar-refractivity contribution is 0.145. The Morgan fingerprint density at radius 2 is 2.20 bits per heavy atom. The van der Waals surface area contributed by atoms with Crippen LogP contribution in [0.4, 0.5) is 0 Å². The molecule has 1 aromatic rings. The van der Waals surface area contributed by atoms with E-state index >= 15 is 0 Å². The molecular weight excluding hydrogens is 268 g/mol. The third kappa shape index (κ3) is 4.46. The van der Waals surface area contributed by atoms with Crippen LogP contribution in [0.1, 0.15) is 31.2 Å². The maximum atomic E-state index is 5.47. The Balaban J connectivity index is 1.71. The van der Waals surface area contributed by atoms with Crippen LogP contribution < -0.4 is 5.32 Å². The molecule has 1 saturated heterocycles. The van der Waals surface area contributed by atoms with E-state index in [4.69, 9.17) is 17.0 Å². The third-order valence-corrected chi connectivity index (χ3v) is 4.09. The van der Waals surface area contributed by atoms with Crippen LogP contribution in [0.5, 0.6) is 0 Å². The molecular formula is C16H24N2OS. The van der Waals surface area contributed by atoms with Crippen LogP contribution in [-0.2, 0) is 4.74 Å². The molecule has 0 bridgehead atoms. The highest BCUT2D eigenvalue weighted by Crippen LogP contribution is 2.26. The van der Waals surface area contributed by atoms with Crippen molar-refractivity contribution >= 4 is 17.3 Å². The third-order valence-electron chi connectivity index (χ3n) is 3.69. The number of nitrogens with zero attached hydrogens (tertiary/aromatic N) is 1. The van der Waals surface area contributed by atoms with Crippen LogP contribution in [0.3, 0.4) is 0 Å². The quantitative estimate of drug-likeness (QED) is 0.644. The molecule has 1 fully saturated rings. The summed E-state index contributed by atoms with van der Waals surface area (Å²) in [6.45, 7) is 6.59. The van der Waals surface area contributed by atoms with Gasteiger partial charge in [-0.25, -0.2) is 0 Å². The SMILES string of the molecule is CCOCCCNC(=S)N1CCC(c2ccccc2)C1. The highest BCUT2D eigenvalue weighted by Gasteiger charge is 2.24. The van der Waals surface area contributed by atoms with E-state index in [1.54, 1.807) is 0 Å². The highest BCUT2D eigenvalue weighted by atomic mass is 32.1. The first-order valence-corrected chi connectivity index (χ1v) is 7.87. The summed E-state index contributed by atoms with van der Waals surface area (Å²) in [5.74, 6) is 0.611. The molecule has 3 nitrogen and oxygen atoms in total. The summed E-state index contributed by atoms with van der Waals surface area (Å²) < 4.78 is 5.32. The minimum absolute atomic E-state index is 0.611. The van der Waals surface area contributed by atoms with E-state index in [-0.39, 0.29) is 0 Å². The van der Waals surface area contributed by atoms with Crippen LogP contribution in [0, 0.1) is 0 Å². The van der Waals surface area contributed by atoms with Crippen LogP contribution in [0.15, 0.2) is 30.3 Å². The number of thiocarbonyl (C=S) groups is 1. The van der Waals surface area contributed by atoms with Crippen molar-refractivity contribution in [2.75, 3.05) is 32.8 Å². The number of nitrogens with one attached hydrogen (secondary N) is 1. The maximum Gasteiger partial charge on any atom is 0.168 e. The van der Waals surface area contributed by atoms with Gasteiger partial charge in [0.15, 0.2) is 5.11 Å². The molecule has 4 heteroatoms. The van der Waals surface area contributed by atoms with Crippen LogP contribution in [-0.4, -0.2) is 42.9 Å². The van der Waals surface area contributed by atoms with Crippen molar-refractivity contribution in [3.05, 3.63) is 35.9 Å². The molecule has 0 aliphatic carbocycles. The fourth-order valence-electron chi connectivity index (χ4n) is 2.57. The average Bonchev–Trinajstić information content (AvgIpc) is 2.98. The first-order chi connectivity index (χ1) is 9.81. The fraction of sp³-hybridized carbons (Fsp3) is 0.562. The summed E-state index contributed by atoms with van der Waals surface area (Å²) in [7, 11) is 0. The summed E-state index contributed by atoms with van der Waals surface area (Å²) in [6, 6.07) is 10.7. The molecule has 2 rings (SSSR count). The van der Waals surface area contributed by atoms with E-state index in [1.165, 1.54) is 12.0 Å². The molecule has 0 amide bonds. The van der Waals surface area contributed by atoms with Crippen molar-refractivity contribution in [1.29, 1.82) is 0 Å². The maximum absolute atomic E-state index is 5.47. The first kappa shape index (κ1) is 15.3. The first-order valence-electron chi connectivity index (χ1n) is 7.46. The minimum Gasteiger partial charge on any atom is -0.382 e. The Morgan fingerprint density at radius 3 is 2.95 bits per heavy atom. The zero-order valence-electron chi connectivity index (χ0n) is 12.2. The van der Waals surface area contributed by atoms with Gasteiger partial charge in [0.2, 0.25) is 0 Å². The van der Waals surface area contributed by atoms with Gasteiger partial charge in [0, 0.05) is 38.8 Å². The smallest absolute Gasteiger partial charge is 0.168 e. The van der Waals surface area contributed by atoms with Crippen LogP contribution in [0.25, 0.3) is 0 Å². The Bertz CT molecular complexity index is 410. The molecule has 1 aromatic carbocycles. The van der Waals surface area contributed by atoms with E-state index in [1.807, 2.05) is 6.92 Å². The van der Waals surface area contributed by atoms with Gasteiger partial charge in [-0.3, -0.25) is 0 Å². The number of benzene rings is 1. The fourth-order valence-corrected chi connectivity index (χ4v) is 2.84. The van der Waals surface area contributed by atoms with E-state index < -0.39 is 0 Å². The molecule has 1 aliphatic heterocycles. The molecule has 1 atom stereocenters. The van der Waals surface area contributed by atoms with Crippen molar-refractivity contribution in [2.45, 2.75) is 25.7 Å². The second-order valence-electron chi connectivity index (χ2n) is 5.12. The molecule has 0 saturated carbocycles. The Kier molecular flexibility index (Phi) is 6.27. The number of likely N-dealkylation sites (tertiary alicyclic amines) is 1. The number of rotatable bonds is 6. The predicted molar refractivity (Wildman–Crippen MR) is 87.1 cm³/mol. The van der Waals surface area contributed by atoms with Crippen molar-refractivity contribution in [2.24, 2.45) is 0 Å². The predicted octanol–water partition coefficient (Wildman–Crippen LogP) is 2.78. The minimum atomic E-state index is 0.611. The summed E-state index contributed by atoms with van der Waals surface area (Å²) in [4.78, 5) is 2.29. The van der Waals surface area contributed by atoms with Gasteiger partial charge < -0.3 is 15.0 Å². The molecule has 0 aromatic heterocycles. The van der Waals surface area contributed by atoms with Gasteiger partial charge >= 0.3 is 0 Å². The standard InChI is InChI=1S/C16H24N2OS/c1-2-19-12-6-10-17-16(20)18-11-9-15(13-18)14-7-4-3-5-8-14/h3-5,7-8,15H,2,6,9-13H2,1H3,(H,17,20). The van der Waals surface area contributed by atoms with Gasteiger partial charge in [-0.2, -0.15) is 0 Å². The summed E-state index contributed by atoms with van der Waals surface area (Å²) in [6.07, 6.45) is 2.19. The molecule has 1 heterocycles. The van der Waals surface area contributed by atoms with E-state index in [2.05, 4.69) is 40.5 Å². The average molecular weight is 292 g/mol. The van der Waals surface area contributed by atoms with Gasteiger partial charge in [0.05, 0.1) is 0 Å². The summed E-state index contributed by atoms with van der Waals surface area (Å²) >= 11 is 5.47. The molecule has 1 unspecified atom stereocenters. The Morgan fingerprint density at radius 1 is 1.40 bits per heavy atom. The van der Waals surface area contributed by atoms with Gasteiger partial charge in [-0.1, -0.05) is 30.3 Å². The topological polar surface area (TPSA) is 24.5 Å². The molecule has 0 radical (unpaired) electrons. The van der Waals surface area contributed by atoms with Gasteiger partial charge in [-0.15, -0.1) is 0 Å². The number of ether oxygens (including phenoxy) is 1. The lowest BCUT2D eigenvalue weighted by Crippen LogP contribution is -2.38. The van der Waals surface area contributed by atoms with Crippen LogP contribution in [0.2, 0.25) is 0 Å². The van der Waals surface area contributed by atoms with Gasteiger partial charge in [-0.05, 0) is 37.5 Å². The zero-order chi connectivity index (χ0) is 14.2. The van der Waals surface area contributed by atoms with Crippen LogP contribution >= 0.6 is 12.2 Å². The second-order valence-corrected chi connectivity index (χ2v) is 5.51. The molecule has 1 aliphatic rings.